The fourth-order valence-corrected chi connectivity index (χ4v) is 3.26. The SMILES string of the molecule is CCCC(C)c1nc(CN(C)C(=O)N[C@H](C(=O)OC)C(C)C)cs1. The number of esters is 1. The van der Waals surface area contributed by atoms with E-state index in [0.717, 1.165) is 23.5 Å². The van der Waals surface area contributed by atoms with Crippen molar-refractivity contribution in [1.82, 2.24) is 15.2 Å². The van der Waals surface area contributed by atoms with Gasteiger partial charge in [0.25, 0.3) is 0 Å². The van der Waals surface area contributed by atoms with Crippen molar-refractivity contribution in [3.8, 4) is 0 Å². The lowest BCUT2D eigenvalue weighted by atomic mass is 10.1. The number of amides is 2. The van der Waals surface area contributed by atoms with Crippen LogP contribution in [0.2, 0.25) is 0 Å². The minimum absolute atomic E-state index is 0.0458. The van der Waals surface area contributed by atoms with E-state index in [1.165, 1.54) is 12.0 Å². The van der Waals surface area contributed by atoms with Crippen LogP contribution in [0, 0.1) is 5.92 Å². The number of thiazole rings is 1. The van der Waals surface area contributed by atoms with Crippen LogP contribution in [0.25, 0.3) is 0 Å². The van der Waals surface area contributed by atoms with Gasteiger partial charge in [0.1, 0.15) is 6.04 Å². The normalized spacial score (nSPS) is 13.5. The highest BCUT2D eigenvalue weighted by Gasteiger charge is 2.26. The molecule has 0 saturated carbocycles. The first-order valence-corrected chi connectivity index (χ1v) is 9.21. The minimum Gasteiger partial charge on any atom is -0.467 e. The molecule has 1 heterocycles. The maximum Gasteiger partial charge on any atom is 0.328 e. The standard InChI is InChI=1S/C17H29N3O3S/c1-7-8-12(4)15-18-13(10-24-15)9-20(5)17(22)19-14(11(2)3)16(21)23-6/h10-12,14H,7-9H2,1-6H3,(H,19,22)/t12?,14-/m0/s1. The Balaban J connectivity index is 2.65. The molecule has 0 bridgehead atoms. The van der Waals surface area contributed by atoms with Crippen molar-refractivity contribution in [3.63, 3.8) is 0 Å². The van der Waals surface area contributed by atoms with Crippen LogP contribution in [-0.4, -0.2) is 42.1 Å². The van der Waals surface area contributed by atoms with Crippen LogP contribution in [0.3, 0.4) is 0 Å². The average molecular weight is 356 g/mol. The van der Waals surface area contributed by atoms with Gasteiger partial charge >= 0.3 is 12.0 Å². The summed E-state index contributed by atoms with van der Waals surface area (Å²) in [5.74, 6) is -0.0378. The second-order valence-corrected chi connectivity index (χ2v) is 7.31. The first-order valence-electron chi connectivity index (χ1n) is 8.33. The molecular formula is C17H29N3O3S. The summed E-state index contributed by atoms with van der Waals surface area (Å²) in [5, 5.41) is 5.82. The summed E-state index contributed by atoms with van der Waals surface area (Å²) in [5.41, 5.74) is 0.870. The van der Waals surface area contributed by atoms with E-state index in [1.807, 2.05) is 19.2 Å². The number of nitrogens with zero attached hydrogens (tertiary/aromatic N) is 2. The van der Waals surface area contributed by atoms with Gasteiger partial charge in [0, 0.05) is 18.3 Å². The van der Waals surface area contributed by atoms with Crippen LogP contribution in [-0.2, 0) is 16.1 Å². The second kappa shape index (κ2) is 9.61. The van der Waals surface area contributed by atoms with Gasteiger partial charge in [-0.3, -0.25) is 0 Å². The summed E-state index contributed by atoms with van der Waals surface area (Å²) in [4.78, 5) is 30.2. The molecule has 0 spiro atoms. The number of rotatable bonds is 8. The number of hydrogen-bond acceptors (Lipinski definition) is 5. The van der Waals surface area contributed by atoms with Crippen LogP contribution in [0.15, 0.2) is 5.38 Å². The maximum atomic E-state index is 12.3. The molecule has 2 atom stereocenters. The van der Waals surface area contributed by atoms with E-state index in [2.05, 4.69) is 24.1 Å². The zero-order valence-corrected chi connectivity index (χ0v) is 16.3. The van der Waals surface area contributed by atoms with Gasteiger partial charge in [-0.25, -0.2) is 14.6 Å². The lowest BCUT2D eigenvalue weighted by molar-refractivity contribution is -0.144. The summed E-state index contributed by atoms with van der Waals surface area (Å²) < 4.78 is 4.74. The highest BCUT2D eigenvalue weighted by atomic mass is 32.1. The van der Waals surface area contributed by atoms with Gasteiger partial charge in [-0.05, 0) is 12.3 Å². The smallest absolute Gasteiger partial charge is 0.328 e. The van der Waals surface area contributed by atoms with Crippen LogP contribution in [0.1, 0.15) is 57.2 Å². The fourth-order valence-electron chi connectivity index (χ4n) is 2.36. The zero-order chi connectivity index (χ0) is 18.3. The third-order valence-electron chi connectivity index (χ3n) is 3.86. The summed E-state index contributed by atoms with van der Waals surface area (Å²) >= 11 is 1.64. The van der Waals surface area contributed by atoms with E-state index in [1.54, 1.807) is 18.4 Å². The van der Waals surface area contributed by atoms with Crippen molar-refractivity contribution in [1.29, 1.82) is 0 Å². The Morgan fingerprint density at radius 3 is 2.58 bits per heavy atom. The van der Waals surface area contributed by atoms with Gasteiger partial charge in [-0.1, -0.05) is 34.1 Å². The van der Waals surface area contributed by atoms with Crippen LogP contribution < -0.4 is 5.32 Å². The molecule has 136 valence electrons. The Kier molecular flexibility index (Phi) is 8.18. The molecule has 1 aromatic rings. The van der Waals surface area contributed by atoms with Crippen molar-refractivity contribution >= 4 is 23.3 Å². The molecule has 1 unspecified atom stereocenters. The van der Waals surface area contributed by atoms with Gasteiger partial charge in [-0.15, -0.1) is 11.3 Å². The van der Waals surface area contributed by atoms with E-state index in [4.69, 9.17) is 4.74 Å². The van der Waals surface area contributed by atoms with E-state index in [0.29, 0.717) is 12.5 Å². The molecule has 1 rings (SSSR count). The molecule has 0 radical (unpaired) electrons. The predicted octanol–water partition coefficient (Wildman–Crippen LogP) is 3.39. The molecule has 6 nitrogen and oxygen atoms in total. The maximum absolute atomic E-state index is 12.3. The zero-order valence-electron chi connectivity index (χ0n) is 15.5. The monoisotopic (exact) mass is 355 g/mol. The van der Waals surface area contributed by atoms with E-state index < -0.39 is 12.0 Å². The Morgan fingerprint density at radius 1 is 1.38 bits per heavy atom. The van der Waals surface area contributed by atoms with Crippen molar-refractivity contribution in [2.45, 2.75) is 59.0 Å². The number of hydrogen-bond donors (Lipinski definition) is 1. The third kappa shape index (κ3) is 5.78. The number of ether oxygens (including phenoxy) is 1. The number of carbonyl (C=O) groups excluding carboxylic acids is 2. The van der Waals surface area contributed by atoms with Crippen LogP contribution >= 0.6 is 11.3 Å². The van der Waals surface area contributed by atoms with Crippen molar-refractivity contribution in [3.05, 3.63) is 16.1 Å². The van der Waals surface area contributed by atoms with Gasteiger partial charge < -0.3 is 15.0 Å². The first-order chi connectivity index (χ1) is 11.3. The molecule has 0 aliphatic rings. The third-order valence-corrected chi connectivity index (χ3v) is 4.98. The molecule has 7 heteroatoms. The van der Waals surface area contributed by atoms with Gasteiger partial charge in [-0.2, -0.15) is 0 Å². The van der Waals surface area contributed by atoms with Crippen molar-refractivity contribution in [2.24, 2.45) is 5.92 Å². The minimum atomic E-state index is -0.652. The number of aromatic nitrogens is 1. The molecule has 2 amide bonds. The molecule has 1 aromatic heterocycles. The van der Waals surface area contributed by atoms with Crippen LogP contribution in [0.5, 0.6) is 0 Å². The molecule has 0 fully saturated rings. The fraction of sp³-hybridized carbons (Fsp3) is 0.706. The Bertz CT molecular complexity index is 545. The highest BCUT2D eigenvalue weighted by molar-refractivity contribution is 7.09. The largest absolute Gasteiger partial charge is 0.467 e. The van der Waals surface area contributed by atoms with Gasteiger partial charge in [0.05, 0.1) is 24.4 Å². The number of methoxy groups -OCH3 is 1. The molecular weight excluding hydrogens is 326 g/mol. The predicted molar refractivity (Wildman–Crippen MR) is 96.1 cm³/mol. The first kappa shape index (κ1) is 20.4. The summed E-state index contributed by atoms with van der Waals surface area (Å²) in [6, 6.07) is -0.962. The van der Waals surface area contributed by atoms with Crippen molar-refractivity contribution in [2.75, 3.05) is 14.2 Å². The Morgan fingerprint density at radius 2 is 2.04 bits per heavy atom. The molecule has 0 aliphatic carbocycles. The number of nitrogens with one attached hydrogen (secondary N) is 1. The molecule has 0 aliphatic heterocycles. The van der Waals surface area contributed by atoms with Crippen molar-refractivity contribution < 1.29 is 14.3 Å². The van der Waals surface area contributed by atoms with E-state index in [-0.39, 0.29) is 11.9 Å². The topological polar surface area (TPSA) is 71.5 Å². The molecule has 0 saturated heterocycles. The van der Waals surface area contributed by atoms with E-state index >= 15 is 0 Å². The lowest BCUT2D eigenvalue weighted by Crippen LogP contribution is -2.49. The second-order valence-electron chi connectivity index (χ2n) is 6.42. The number of carbonyl (C=O) groups is 2. The summed E-state index contributed by atoms with van der Waals surface area (Å²) in [6.45, 7) is 8.47. The molecule has 0 aromatic carbocycles. The number of urea groups is 1. The molecule has 24 heavy (non-hydrogen) atoms. The Hall–Kier alpha value is -1.63. The van der Waals surface area contributed by atoms with Crippen LogP contribution in [0.4, 0.5) is 4.79 Å². The summed E-state index contributed by atoms with van der Waals surface area (Å²) in [6.07, 6.45) is 2.24. The molecule has 1 N–H and O–H groups in total. The lowest BCUT2D eigenvalue weighted by Gasteiger charge is -2.23. The highest BCUT2D eigenvalue weighted by Crippen LogP contribution is 2.24. The van der Waals surface area contributed by atoms with Gasteiger partial charge in [0.15, 0.2) is 0 Å². The Labute approximate surface area is 148 Å². The summed E-state index contributed by atoms with van der Waals surface area (Å²) in [7, 11) is 3.01. The van der Waals surface area contributed by atoms with E-state index in [9.17, 15) is 9.59 Å². The van der Waals surface area contributed by atoms with Gasteiger partial charge in [0.2, 0.25) is 0 Å². The average Bonchev–Trinajstić information content (AvgIpc) is 3.00. The quantitative estimate of drug-likeness (QED) is 0.726.